The average molecular weight is 621 g/mol. The van der Waals surface area contributed by atoms with E-state index in [9.17, 15) is 23.1 Å². The summed E-state index contributed by atoms with van der Waals surface area (Å²) in [6, 6.07) is 16.5. The highest BCUT2D eigenvalue weighted by Crippen LogP contribution is 2.45. The Hall–Kier alpha value is -2.79. The summed E-state index contributed by atoms with van der Waals surface area (Å²) in [5.74, 6) is -2.15. The summed E-state index contributed by atoms with van der Waals surface area (Å²) in [7, 11) is -4.40. The third-order valence-corrected chi connectivity index (χ3v) is 9.14. The van der Waals surface area contributed by atoms with Crippen LogP contribution in [0.15, 0.2) is 65.6 Å². The molecule has 8 nitrogen and oxygen atoms in total. The number of carboxylic acid groups (broad SMARTS) is 1. The highest BCUT2D eigenvalue weighted by Gasteiger charge is 2.57. The maximum absolute atomic E-state index is 14.3. The van der Waals surface area contributed by atoms with E-state index in [0.29, 0.717) is 26.7 Å². The Morgan fingerprint density at radius 3 is 2.37 bits per heavy atom. The van der Waals surface area contributed by atoms with E-state index in [1.54, 1.807) is 61.5 Å². The van der Waals surface area contributed by atoms with E-state index in [1.165, 1.54) is 6.07 Å². The Morgan fingerprint density at radius 2 is 1.76 bits per heavy atom. The van der Waals surface area contributed by atoms with Crippen LogP contribution in [0.25, 0.3) is 0 Å². The number of sulfonamides is 1. The molecule has 3 aromatic rings. The molecule has 3 atom stereocenters. The van der Waals surface area contributed by atoms with Gasteiger partial charge in [-0.25, -0.2) is 22.5 Å². The number of aliphatic carboxylic acids is 1. The van der Waals surface area contributed by atoms with Gasteiger partial charge in [0.15, 0.2) is 6.61 Å². The fourth-order valence-electron chi connectivity index (χ4n) is 5.47. The van der Waals surface area contributed by atoms with Crippen molar-refractivity contribution in [3.8, 4) is 0 Å². The van der Waals surface area contributed by atoms with E-state index < -0.39 is 50.7 Å². The van der Waals surface area contributed by atoms with Gasteiger partial charge in [0.25, 0.3) is 6.17 Å². The van der Waals surface area contributed by atoms with Gasteiger partial charge in [0.2, 0.25) is 10.0 Å². The van der Waals surface area contributed by atoms with Crippen LogP contribution < -0.4 is 9.21 Å². The molecule has 1 aliphatic rings. The number of rotatable bonds is 7. The van der Waals surface area contributed by atoms with Crippen molar-refractivity contribution in [2.75, 3.05) is 13.2 Å². The molecule has 1 aliphatic heterocycles. The number of hydrogen-bond donors (Lipinski definition) is 2. The Kier molecular flexibility index (Phi) is 8.72. The van der Waals surface area contributed by atoms with Crippen molar-refractivity contribution in [2.24, 2.45) is 5.41 Å². The zero-order valence-electron chi connectivity index (χ0n) is 23.4. The number of quaternary nitrogens is 1. The standard InChI is InChI=1S/C30H32Cl2N2O6S/c1-18-10-13-25(19(2)14-18)41(38,39)33-28(29(36)37)34(17-30(3,4)5)24-12-11-20(31)15-22(24)27(40-16-26(34)35)21-8-6-7-9-23(21)32/h6-15,27-28,33H,16-17H2,1-5H3/p+1/t27-,28-,34+/m1/s1. The Morgan fingerprint density at radius 1 is 1.07 bits per heavy atom. The number of fused-ring (bicyclic) bond motifs is 1. The third-order valence-electron chi connectivity index (χ3n) is 6.99. The zero-order valence-corrected chi connectivity index (χ0v) is 25.8. The van der Waals surface area contributed by atoms with Gasteiger partial charge < -0.3 is 9.84 Å². The fraction of sp³-hybridized carbons (Fsp3) is 0.333. The maximum atomic E-state index is 14.3. The van der Waals surface area contributed by atoms with Gasteiger partial charge in [-0.2, -0.15) is 0 Å². The van der Waals surface area contributed by atoms with E-state index in [1.807, 2.05) is 27.7 Å². The van der Waals surface area contributed by atoms with Gasteiger partial charge in [0.1, 0.15) is 11.8 Å². The Labute approximate surface area is 250 Å². The average Bonchev–Trinajstić information content (AvgIpc) is 2.96. The van der Waals surface area contributed by atoms with Crippen molar-refractivity contribution >= 4 is 50.8 Å². The summed E-state index contributed by atoms with van der Waals surface area (Å²) < 4.78 is 35.2. The zero-order chi connectivity index (χ0) is 30.3. The molecule has 3 aromatic carbocycles. The Bertz CT molecular complexity index is 1620. The summed E-state index contributed by atoms with van der Waals surface area (Å²) in [6.45, 7) is 8.44. The summed E-state index contributed by atoms with van der Waals surface area (Å²) in [6.07, 6.45) is -2.80. The van der Waals surface area contributed by atoms with E-state index in [-0.39, 0.29) is 17.1 Å². The quantitative estimate of drug-likeness (QED) is 0.314. The number of nitrogens with zero attached hydrogens (tertiary/aromatic N) is 1. The van der Waals surface area contributed by atoms with Crippen LogP contribution in [0.3, 0.4) is 0 Å². The van der Waals surface area contributed by atoms with Gasteiger partial charge in [0, 0.05) is 32.7 Å². The SMILES string of the molecule is Cc1ccc(S(=O)(=O)N[C@@H](C(=O)O)[N@+]2(CC(C)(C)C)C(=O)CO[C@H](c3ccccc3Cl)c3cc(Cl)ccc32)c(C)c1. The lowest BCUT2D eigenvalue weighted by Crippen LogP contribution is -2.72. The number of ether oxygens (including phenoxy) is 1. The summed E-state index contributed by atoms with van der Waals surface area (Å²) in [5, 5.41) is 11.4. The second-order valence-electron chi connectivity index (χ2n) is 11.5. The number of carbonyl (C=O) groups is 2. The minimum absolute atomic E-state index is 0.0641. The minimum Gasteiger partial charge on any atom is -0.476 e. The van der Waals surface area contributed by atoms with Gasteiger partial charge >= 0.3 is 11.9 Å². The molecular formula is C30H33Cl2N2O6S+. The third kappa shape index (κ3) is 6.21. The van der Waals surface area contributed by atoms with Crippen molar-refractivity contribution in [1.82, 2.24) is 9.21 Å². The maximum Gasteiger partial charge on any atom is 0.381 e. The van der Waals surface area contributed by atoms with Crippen LogP contribution in [0.2, 0.25) is 10.0 Å². The van der Waals surface area contributed by atoms with Crippen molar-refractivity contribution in [3.05, 3.63) is 93.0 Å². The topological polar surface area (TPSA) is 110 Å². The van der Waals surface area contributed by atoms with E-state index in [0.717, 1.165) is 5.56 Å². The predicted octanol–water partition coefficient (Wildman–Crippen LogP) is 6.00. The van der Waals surface area contributed by atoms with Crippen molar-refractivity contribution in [2.45, 2.75) is 51.8 Å². The number of halogens is 2. The molecule has 0 saturated heterocycles. The number of carboxylic acids is 1. The van der Waals surface area contributed by atoms with Crippen LogP contribution in [0.1, 0.15) is 49.1 Å². The molecule has 0 unspecified atom stereocenters. The second-order valence-corrected chi connectivity index (χ2v) is 14.1. The van der Waals surface area contributed by atoms with Crippen LogP contribution in [-0.4, -0.2) is 44.7 Å². The molecule has 0 radical (unpaired) electrons. The molecule has 0 fully saturated rings. The molecule has 41 heavy (non-hydrogen) atoms. The molecule has 4 rings (SSSR count). The minimum atomic E-state index is -4.40. The first-order valence-corrected chi connectivity index (χ1v) is 15.2. The molecule has 0 aromatic heterocycles. The van der Waals surface area contributed by atoms with Gasteiger partial charge in [0.05, 0.1) is 11.4 Å². The molecule has 11 heteroatoms. The van der Waals surface area contributed by atoms with Gasteiger partial charge in [-0.15, -0.1) is 4.72 Å². The number of nitrogens with one attached hydrogen (secondary N) is 1. The second kappa shape index (κ2) is 11.5. The number of benzene rings is 3. The fourth-order valence-corrected chi connectivity index (χ4v) is 7.32. The molecule has 218 valence electrons. The molecule has 0 aliphatic carbocycles. The molecule has 0 saturated carbocycles. The van der Waals surface area contributed by atoms with Crippen LogP contribution in [0.4, 0.5) is 5.69 Å². The number of aryl methyl sites for hydroxylation is 2. The first-order valence-electron chi connectivity index (χ1n) is 13.0. The van der Waals surface area contributed by atoms with Crippen molar-refractivity contribution in [3.63, 3.8) is 0 Å². The monoisotopic (exact) mass is 619 g/mol. The molecule has 2 N–H and O–H groups in total. The van der Waals surface area contributed by atoms with Gasteiger partial charge in [-0.3, -0.25) is 0 Å². The Balaban J connectivity index is 2.02. The molecule has 0 bridgehead atoms. The first kappa shape index (κ1) is 31.2. The summed E-state index contributed by atoms with van der Waals surface area (Å²) >= 11 is 13.0. The van der Waals surface area contributed by atoms with Gasteiger partial charge in [-0.05, 0) is 43.7 Å². The van der Waals surface area contributed by atoms with Gasteiger partial charge in [-0.1, -0.05) is 79.9 Å². The van der Waals surface area contributed by atoms with E-state index >= 15 is 0 Å². The normalized spacial score (nSPS) is 20.3. The smallest absolute Gasteiger partial charge is 0.381 e. The molecule has 0 spiro atoms. The lowest BCUT2D eigenvalue weighted by Gasteiger charge is -2.43. The number of hydrogen-bond acceptors (Lipinski definition) is 5. The van der Waals surface area contributed by atoms with Crippen LogP contribution in [0.5, 0.6) is 0 Å². The lowest BCUT2D eigenvalue weighted by atomic mass is 9.91. The highest BCUT2D eigenvalue weighted by molar-refractivity contribution is 7.89. The molecular weight excluding hydrogens is 587 g/mol. The molecule has 1 heterocycles. The van der Waals surface area contributed by atoms with E-state index in [2.05, 4.69) is 4.72 Å². The van der Waals surface area contributed by atoms with Crippen molar-refractivity contribution < 1.29 is 27.9 Å². The van der Waals surface area contributed by atoms with Crippen LogP contribution in [0, 0.1) is 19.3 Å². The first-order chi connectivity index (χ1) is 19.1. The number of carbonyl (C=O) groups excluding carboxylic acids is 1. The molecule has 1 amide bonds. The summed E-state index contributed by atoms with van der Waals surface area (Å²) in [5.41, 5.74) is 1.88. The predicted molar refractivity (Wildman–Crippen MR) is 159 cm³/mol. The van der Waals surface area contributed by atoms with Crippen LogP contribution in [-0.2, 0) is 24.3 Å². The number of amides is 1. The highest BCUT2D eigenvalue weighted by atomic mass is 35.5. The lowest BCUT2D eigenvalue weighted by molar-refractivity contribution is -0.152. The van der Waals surface area contributed by atoms with Crippen molar-refractivity contribution in [1.29, 1.82) is 0 Å². The largest absolute Gasteiger partial charge is 0.476 e. The van der Waals surface area contributed by atoms with Crippen LogP contribution >= 0.6 is 23.2 Å². The van der Waals surface area contributed by atoms with E-state index in [4.69, 9.17) is 27.9 Å². The summed E-state index contributed by atoms with van der Waals surface area (Å²) in [4.78, 5) is 27.3.